The van der Waals surface area contributed by atoms with Gasteiger partial charge in [-0.15, -0.1) is 0 Å². The highest BCUT2D eigenvalue weighted by atomic mass is 32.1. The zero-order chi connectivity index (χ0) is 21.1. The highest BCUT2D eigenvalue weighted by Gasteiger charge is 2.22. The largest absolute Gasteiger partial charge is 0.490 e. The Morgan fingerprint density at radius 3 is 2.60 bits per heavy atom. The Hall–Kier alpha value is -3.19. The van der Waals surface area contributed by atoms with Crippen LogP contribution in [0.1, 0.15) is 34.2 Å². The number of hydrogen-bond acceptors (Lipinski definition) is 4. The Morgan fingerprint density at radius 2 is 1.90 bits per heavy atom. The molecule has 1 amide bonds. The van der Waals surface area contributed by atoms with Crippen LogP contribution >= 0.6 is 12.2 Å². The lowest BCUT2D eigenvalue weighted by molar-refractivity contribution is 0.0967. The molecule has 0 unspecified atom stereocenters. The van der Waals surface area contributed by atoms with Crippen molar-refractivity contribution in [2.24, 2.45) is 0 Å². The zero-order valence-electron chi connectivity index (χ0n) is 17.0. The molecule has 0 atom stereocenters. The number of thiocarbonyl (C=S) groups is 1. The van der Waals surface area contributed by atoms with Crippen molar-refractivity contribution in [3.8, 4) is 5.75 Å². The maximum Gasteiger partial charge on any atom is 0.275 e. The number of amides is 1. The average Bonchev–Trinajstić information content (AvgIpc) is 3.30. The summed E-state index contributed by atoms with van der Waals surface area (Å²) >= 11 is 5.32. The zero-order valence-corrected chi connectivity index (χ0v) is 17.8. The third kappa shape index (κ3) is 4.52. The molecule has 4 rings (SSSR count). The quantitative estimate of drug-likeness (QED) is 0.613. The SMILES string of the molecule is CCn1nc(C)cc1C(=O)NC(=S)Nc1cccc(OC2Cc3ccccc3C2)c1. The molecule has 0 aliphatic heterocycles. The molecule has 1 heterocycles. The third-order valence-corrected chi connectivity index (χ3v) is 5.27. The molecule has 0 spiro atoms. The number of carbonyl (C=O) groups is 1. The van der Waals surface area contributed by atoms with Gasteiger partial charge in [-0.1, -0.05) is 30.3 Å². The number of ether oxygens (including phenoxy) is 1. The Labute approximate surface area is 181 Å². The molecule has 154 valence electrons. The van der Waals surface area contributed by atoms with E-state index in [1.165, 1.54) is 11.1 Å². The van der Waals surface area contributed by atoms with Crippen molar-refractivity contribution < 1.29 is 9.53 Å². The second kappa shape index (κ2) is 8.67. The van der Waals surface area contributed by atoms with Crippen LogP contribution < -0.4 is 15.4 Å². The normalized spacial score (nSPS) is 13.0. The molecular weight excluding hydrogens is 396 g/mol. The Morgan fingerprint density at radius 1 is 1.17 bits per heavy atom. The summed E-state index contributed by atoms with van der Waals surface area (Å²) in [5.41, 5.74) is 4.73. The minimum absolute atomic E-state index is 0.127. The summed E-state index contributed by atoms with van der Waals surface area (Å²) in [6, 6.07) is 17.8. The lowest BCUT2D eigenvalue weighted by atomic mass is 10.1. The number of rotatable bonds is 5. The monoisotopic (exact) mass is 420 g/mol. The fourth-order valence-electron chi connectivity index (χ4n) is 3.74. The van der Waals surface area contributed by atoms with Crippen LogP contribution in [0.4, 0.5) is 5.69 Å². The van der Waals surface area contributed by atoms with Crippen LogP contribution in [-0.2, 0) is 19.4 Å². The highest BCUT2D eigenvalue weighted by Crippen LogP contribution is 2.27. The maximum atomic E-state index is 12.5. The van der Waals surface area contributed by atoms with E-state index in [0.29, 0.717) is 12.2 Å². The number of nitrogens with one attached hydrogen (secondary N) is 2. The third-order valence-electron chi connectivity index (χ3n) is 5.07. The molecule has 30 heavy (non-hydrogen) atoms. The topological polar surface area (TPSA) is 68.2 Å². The predicted molar refractivity (Wildman–Crippen MR) is 121 cm³/mol. The molecule has 0 fully saturated rings. The van der Waals surface area contributed by atoms with Crippen LogP contribution in [0, 0.1) is 6.92 Å². The molecule has 1 aliphatic carbocycles. The van der Waals surface area contributed by atoms with Gasteiger partial charge in [0.25, 0.3) is 5.91 Å². The molecule has 3 aromatic rings. The van der Waals surface area contributed by atoms with Crippen molar-refractivity contribution >= 4 is 28.9 Å². The molecule has 6 nitrogen and oxygen atoms in total. The smallest absolute Gasteiger partial charge is 0.275 e. The van der Waals surface area contributed by atoms with Gasteiger partial charge in [-0.3, -0.25) is 14.8 Å². The first kappa shape index (κ1) is 20.1. The van der Waals surface area contributed by atoms with Gasteiger partial charge in [0, 0.05) is 31.1 Å². The van der Waals surface area contributed by atoms with Gasteiger partial charge >= 0.3 is 0 Å². The summed E-state index contributed by atoms with van der Waals surface area (Å²) in [5.74, 6) is 0.484. The number of aromatic nitrogens is 2. The summed E-state index contributed by atoms with van der Waals surface area (Å²) in [6.07, 6.45) is 1.95. The van der Waals surface area contributed by atoms with Gasteiger partial charge in [0.2, 0.25) is 0 Å². The summed E-state index contributed by atoms with van der Waals surface area (Å²) in [6.45, 7) is 4.41. The molecule has 0 bridgehead atoms. The minimum Gasteiger partial charge on any atom is -0.490 e. The number of nitrogens with zero attached hydrogens (tertiary/aromatic N) is 2. The van der Waals surface area contributed by atoms with Crippen molar-refractivity contribution in [3.63, 3.8) is 0 Å². The Balaban J connectivity index is 1.36. The number of benzene rings is 2. The molecular formula is C23H24N4O2S. The van der Waals surface area contributed by atoms with Gasteiger partial charge in [-0.25, -0.2) is 0 Å². The van der Waals surface area contributed by atoms with E-state index in [4.69, 9.17) is 17.0 Å². The average molecular weight is 421 g/mol. The Kier molecular flexibility index (Phi) is 5.81. The van der Waals surface area contributed by atoms with Gasteiger partial charge < -0.3 is 10.1 Å². The van der Waals surface area contributed by atoms with Crippen molar-refractivity contribution in [2.45, 2.75) is 39.3 Å². The molecule has 0 saturated heterocycles. The van der Waals surface area contributed by atoms with Gasteiger partial charge in [0.05, 0.1) is 5.69 Å². The minimum atomic E-state index is -0.286. The Bertz CT molecular complexity index is 1070. The first-order valence-electron chi connectivity index (χ1n) is 10.0. The fourth-order valence-corrected chi connectivity index (χ4v) is 3.95. The van der Waals surface area contributed by atoms with Crippen LogP contribution in [0.15, 0.2) is 54.6 Å². The number of fused-ring (bicyclic) bond motifs is 1. The standard InChI is InChI=1S/C23H24N4O2S/c1-3-27-21(11-15(2)26-27)22(28)25-23(30)24-18-9-6-10-19(14-18)29-20-12-16-7-4-5-8-17(16)13-20/h4-11,14,20H,3,12-13H2,1-2H3,(H2,24,25,28,30). The second-order valence-electron chi connectivity index (χ2n) is 7.34. The van der Waals surface area contributed by atoms with Crippen LogP contribution in [0.25, 0.3) is 0 Å². The summed E-state index contributed by atoms with van der Waals surface area (Å²) in [7, 11) is 0. The molecule has 7 heteroatoms. The van der Waals surface area contributed by atoms with E-state index in [9.17, 15) is 4.79 Å². The van der Waals surface area contributed by atoms with Gasteiger partial charge in [0.15, 0.2) is 5.11 Å². The molecule has 2 aromatic carbocycles. The number of carbonyl (C=O) groups excluding carboxylic acids is 1. The summed E-state index contributed by atoms with van der Waals surface area (Å²) in [4.78, 5) is 12.5. The van der Waals surface area contributed by atoms with Gasteiger partial charge in [0.1, 0.15) is 17.5 Å². The van der Waals surface area contributed by atoms with Crippen LogP contribution in [0.3, 0.4) is 0 Å². The van der Waals surface area contributed by atoms with Crippen molar-refractivity contribution in [3.05, 3.63) is 77.1 Å². The molecule has 2 N–H and O–H groups in total. The molecule has 0 saturated carbocycles. The molecule has 1 aromatic heterocycles. The first-order valence-corrected chi connectivity index (χ1v) is 10.4. The summed E-state index contributed by atoms with van der Waals surface area (Å²) < 4.78 is 7.84. The first-order chi connectivity index (χ1) is 14.5. The van der Waals surface area contributed by atoms with E-state index in [1.54, 1.807) is 10.7 Å². The van der Waals surface area contributed by atoms with Gasteiger partial charge in [-0.2, -0.15) is 5.10 Å². The summed E-state index contributed by atoms with van der Waals surface area (Å²) in [5, 5.41) is 10.3. The molecule has 0 radical (unpaired) electrons. The van der Waals surface area contributed by atoms with Crippen molar-refractivity contribution in [1.82, 2.24) is 15.1 Å². The number of anilines is 1. The highest BCUT2D eigenvalue weighted by molar-refractivity contribution is 7.80. The van der Waals surface area contributed by atoms with E-state index in [0.717, 1.165) is 30.0 Å². The van der Waals surface area contributed by atoms with E-state index in [1.807, 2.05) is 38.1 Å². The van der Waals surface area contributed by atoms with Crippen molar-refractivity contribution in [2.75, 3.05) is 5.32 Å². The lowest BCUT2D eigenvalue weighted by Crippen LogP contribution is -2.35. The van der Waals surface area contributed by atoms with Crippen LogP contribution in [0.2, 0.25) is 0 Å². The fraction of sp³-hybridized carbons (Fsp3) is 0.261. The van der Waals surface area contributed by atoms with E-state index >= 15 is 0 Å². The van der Waals surface area contributed by atoms with E-state index in [-0.39, 0.29) is 17.1 Å². The van der Waals surface area contributed by atoms with E-state index < -0.39 is 0 Å². The van der Waals surface area contributed by atoms with Crippen LogP contribution in [0.5, 0.6) is 5.75 Å². The predicted octanol–water partition coefficient (Wildman–Crippen LogP) is 3.88. The van der Waals surface area contributed by atoms with Crippen molar-refractivity contribution in [1.29, 1.82) is 0 Å². The number of hydrogen-bond donors (Lipinski definition) is 2. The van der Waals surface area contributed by atoms with Crippen LogP contribution in [-0.4, -0.2) is 26.9 Å². The lowest BCUT2D eigenvalue weighted by Gasteiger charge is -2.15. The maximum absolute atomic E-state index is 12.5. The van der Waals surface area contributed by atoms with E-state index in [2.05, 4.69) is 40.0 Å². The van der Waals surface area contributed by atoms with Gasteiger partial charge in [-0.05, 0) is 55.4 Å². The molecule has 1 aliphatic rings. The second-order valence-corrected chi connectivity index (χ2v) is 7.75. The number of aryl methyl sites for hydroxylation is 2.